The van der Waals surface area contributed by atoms with E-state index in [1.165, 1.54) is 0 Å². The number of amides is 2. The number of carbonyl (C=O) groups excluding carboxylic acids is 2. The number of rotatable bonds is 3. The van der Waals surface area contributed by atoms with Crippen LogP contribution < -0.4 is 4.90 Å². The maximum absolute atomic E-state index is 13.5. The molecule has 0 radical (unpaired) electrons. The minimum Gasteiger partial charge on any atom is -0.444 e. The van der Waals surface area contributed by atoms with Crippen LogP contribution in [0, 0.1) is 0 Å². The number of para-hydroxylation sites is 2. The number of ether oxygens (including phenoxy) is 1. The number of imidazole rings is 1. The second-order valence-corrected chi connectivity index (χ2v) is 11.2. The minimum absolute atomic E-state index is 0.0179. The first kappa shape index (κ1) is 25.4. The van der Waals surface area contributed by atoms with Crippen molar-refractivity contribution in [1.82, 2.24) is 19.8 Å². The highest BCUT2D eigenvalue weighted by atomic mass is 35.5. The third-order valence-corrected chi connectivity index (χ3v) is 7.26. The predicted octanol–water partition coefficient (Wildman–Crippen LogP) is 5.32. The maximum atomic E-state index is 13.5. The zero-order chi connectivity index (χ0) is 26.2. The van der Waals surface area contributed by atoms with E-state index in [0.29, 0.717) is 37.6 Å². The highest BCUT2D eigenvalue weighted by Gasteiger charge is 2.39. The molecule has 8 nitrogen and oxygen atoms in total. The molecule has 2 aliphatic rings. The lowest BCUT2D eigenvalue weighted by Crippen LogP contribution is -2.49. The van der Waals surface area contributed by atoms with Crippen LogP contribution in [-0.2, 0) is 9.53 Å². The van der Waals surface area contributed by atoms with Crippen LogP contribution in [0.15, 0.2) is 42.5 Å². The van der Waals surface area contributed by atoms with Gasteiger partial charge in [0.2, 0.25) is 5.91 Å². The van der Waals surface area contributed by atoms with Crippen molar-refractivity contribution < 1.29 is 14.3 Å². The van der Waals surface area contributed by atoms with Crippen molar-refractivity contribution in [3.63, 3.8) is 0 Å². The highest BCUT2D eigenvalue weighted by Crippen LogP contribution is 2.32. The monoisotopic (exact) mass is 523 g/mol. The second-order valence-electron chi connectivity index (χ2n) is 10.8. The van der Waals surface area contributed by atoms with E-state index in [-0.39, 0.29) is 5.91 Å². The standard InChI is InChI=1S/C28H34ClN5O3/c1-28(2,3)37-27(36)34-15-6-10-24(34)26(35)33-14-7-13-32(16-17-33)19-11-12-21(29)20(18-19)25-30-22-8-4-5-9-23(22)31-25/h4-5,8-9,11-12,18,24H,6-7,10,13-17H2,1-3H3,(H,30,31)/t24-/m0/s1. The Bertz CT molecular complexity index is 1270. The summed E-state index contributed by atoms with van der Waals surface area (Å²) in [7, 11) is 0. The first-order chi connectivity index (χ1) is 17.7. The molecule has 9 heteroatoms. The number of anilines is 1. The molecular weight excluding hydrogens is 490 g/mol. The van der Waals surface area contributed by atoms with Gasteiger partial charge in [-0.1, -0.05) is 23.7 Å². The van der Waals surface area contributed by atoms with Gasteiger partial charge in [0, 0.05) is 44.0 Å². The number of benzene rings is 2. The van der Waals surface area contributed by atoms with Gasteiger partial charge in [-0.25, -0.2) is 9.78 Å². The molecule has 0 unspecified atom stereocenters. The number of fused-ring (bicyclic) bond motifs is 1. The largest absolute Gasteiger partial charge is 0.444 e. The summed E-state index contributed by atoms with van der Waals surface area (Å²) in [5.74, 6) is 0.757. The van der Waals surface area contributed by atoms with Gasteiger partial charge in [-0.15, -0.1) is 0 Å². The van der Waals surface area contributed by atoms with Crippen LogP contribution in [-0.4, -0.2) is 76.1 Å². The Labute approximate surface area is 222 Å². The molecule has 2 aromatic carbocycles. The molecule has 3 heterocycles. The molecule has 5 rings (SSSR count). The van der Waals surface area contributed by atoms with Gasteiger partial charge in [0.25, 0.3) is 0 Å². The molecule has 1 aromatic heterocycles. The molecule has 37 heavy (non-hydrogen) atoms. The number of nitrogens with one attached hydrogen (secondary N) is 1. The number of aromatic amines is 1. The Hall–Kier alpha value is -3.26. The number of halogens is 1. The van der Waals surface area contributed by atoms with Crippen LogP contribution in [0.5, 0.6) is 0 Å². The molecule has 3 aromatic rings. The van der Waals surface area contributed by atoms with Crippen LogP contribution >= 0.6 is 11.6 Å². The van der Waals surface area contributed by atoms with E-state index in [2.05, 4.69) is 16.0 Å². The average Bonchev–Trinajstić information content (AvgIpc) is 3.44. The van der Waals surface area contributed by atoms with E-state index in [1.54, 1.807) is 4.90 Å². The molecule has 0 aliphatic carbocycles. The zero-order valence-electron chi connectivity index (χ0n) is 21.7. The van der Waals surface area contributed by atoms with Crippen LogP contribution in [0.4, 0.5) is 10.5 Å². The Kier molecular flexibility index (Phi) is 7.03. The van der Waals surface area contributed by atoms with Gasteiger partial charge in [-0.2, -0.15) is 0 Å². The molecule has 196 valence electrons. The quantitative estimate of drug-likeness (QED) is 0.502. The first-order valence-electron chi connectivity index (χ1n) is 13.0. The third-order valence-electron chi connectivity index (χ3n) is 6.93. The fraction of sp³-hybridized carbons (Fsp3) is 0.464. The van der Waals surface area contributed by atoms with Crippen molar-refractivity contribution in [1.29, 1.82) is 0 Å². The predicted molar refractivity (Wildman–Crippen MR) is 146 cm³/mol. The van der Waals surface area contributed by atoms with E-state index < -0.39 is 17.7 Å². The zero-order valence-corrected chi connectivity index (χ0v) is 22.4. The molecular formula is C28H34ClN5O3. The lowest BCUT2D eigenvalue weighted by Gasteiger charge is -2.31. The molecule has 1 N–H and O–H groups in total. The molecule has 0 spiro atoms. The topological polar surface area (TPSA) is 81.8 Å². The SMILES string of the molecule is CC(C)(C)OC(=O)N1CCC[C@H]1C(=O)N1CCCN(c2ccc(Cl)c(-c3nc4ccccc4[nH]3)c2)CC1. The summed E-state index contributed by atoms with van der Waals surface area (Å²) < 4.78 is 5.56. The molecule has 1 atom stereocenters. The fourth-order valence-corrected chi connectivity index (χ4v) is 5.35. The van der Waals surface area contributed by atoms with Gasteiger partial charge in [0.05, 0.1) is 16.1 Å². The lowest BCUT2D eigenvalue weighted by molar-refractivity contribution is -0.135. The van der Waals surface area contributed by atoms with Crippen molar-refractivity contribution in [3.05, 3.63) is 47.5 Å². The summed E-state index contributed by atoms with van der Waals surface area (Å²) in [5.41, 5.74) is 3.18. The van der Waals surface area contributed by atoms with Crippen molar-refractivity contribution in [2.75, 3.05) is 37.6 Å². The number of hydrogen-bond donors (Lipinski definition) is 1. The smallest absolute Gasteiger partial charge is 0.410 e. The molecule has 0 bridgehead atoms. The normalized spacial score (nSPS) is 18.8. The summed E-state index contributed by atoms with van der Waals surface area (Å²) >= 11 is 6.57. The van der Waals surface area contributed by atoms with Crippen molar-refractivity contribution in [2.24, 2.45) is 0 Å². The Morgan fingerprint density at radius 1 is 1.03 bits per heavy atom. The maximum Gasteiger partial charge on any atom is 0.410 e. The number of nitrogens with zero attached hydrogens (tertiary/aromatic N) is 4. The average molecular weight is 524 g/mol. The Balaban J connectivity index is 1.28. The Morgan fingerprint density at radius 3 is 2.62 bits per heavy atom. The van der Waals surface area contributed by atoms with Gasteiger partial charge in [-0.05, 0) is 70.4 Å². The number of H-pyrrole nitrogens is 1. The van der Waals surface area contributed by atoms with E-state index in [1.807, 2.05) is 62.1 Å². The lowest BCUT2D eigenvalue weighted by atomic mass is 10.1. The highest BCUT2D eigenvalue weighted by molar-refractivity contribution is 6.33. The number of hydrogen-bond acceptors (Lipinski definition) is 5. The van der Waals surface area contributed by atoms with Gasteiger partial charge >= 0.3 is 6.09 Å². The van der Waals surface area contributed by atoms with Crippen molar-refractivity contribution >= 4 is 40.3 Å². The number of likely N-dealkylation sites (tertiary alicyclic amines) is 1. The van der Waals surface area contributed by atoms with Crippen LogP contribution in [0.1, 0.15) is 40.0 Å². The fourth-order valence-electron chi connectivity index (χ4n) is 5.14. The van der Waals surface area contributed by atoms with Crippen LogP contribution in [0.25, 0.3) is 22.4 Å². The second kappa shape index (κ2) is 10.2. The summed E-state index contributed by atoms with van der Waals surface area (Å²) in [5, 5.41) is 0.637. The van der Waals surface area contributed by atoms with Gasteiger partial charge < -0.3 is 19.5 Å². The van der Waals surface area contributed by atoms with Crippen LogP contribution in [0.3, 0.4) is 0 Å². The van der Waals surface area contributed by atoms with Gasteiger partial charge in [0.1, 0.15) is 17.5 Å². The molecule has 2 saturated heterocycles. The molecule has 2 aliphatic heterocycles. The van der Waals surface area contributed by atoms with Gasteiger partial charge in [-0.3, -0.25) is 9.69 Å². The number of carbonyl (C=O) groups is 2. The van der Waals surface area contributed by atoms with E-state index in [9.17, 15) is 9.59 Å². The van der Waals surface area contributed by atoms with E-state index in [4.69, 9.17) is 21.3 Å². The minimum atomic E-state index is -0.587. The number of aromatic nitrogens is 2. The molecule has 2 amide bonds. The first-order valence-corrected chi connectivity index (χ1v) is 13.4. The summed E-state index contributed by atoms with van der Waals surface area (Å²) in [4.78, 5) is 40.1. The summed E-state index contributed by atoms with van der Waals surface area (Å²) in [6, 6.07) is 13.5. The third kappa shape index (κ3) is 5.54. The Morgan fingerprint density at radius 2 is 1.84 bits per heavy atom. The van der Waals surface area contributed by atoms with E-state index >= 15 is 0 Å². The summed E-state index contributed by atoms with van der Waals surface area (Å²) in [6.45, 7) is 8.88. The summed E-state index contributed by atoms with van der Waals surface area (Å²) in [6.07, 6.45) is 1.92. The van der Waals surface area contributed by atoms with E-state index in [0.717, 1.165) is 47.5 Å². The molecule has 2 fully saturated rings. The van der Waals surface area contributed by atoms with Crippen molar-refractivity contribution in [2.45, 2.75) is 51.7 Å². The van der Waals surface area contributed by atoms with Crippen LogP contribution in [0.2, 0.25) is 5.02 Å². The molecule has 0 saturated carbocycles. The van der Waals surface area contributed by atoms with Gasteiger partial charge in [0.15, 0.2) is 0 Å². The van der Waals surface area contributed by atoms with Crippen molar-refractivity contribution in [3.8, 4) is 11.4 Å².